The lowest BCUT2D eigenvalue weighted by atomic mass is 10.1. The topological polar surface area (TPSA) is 90.0 Å². The van der Waals surface area contributed by atoms with Crippen LogP contribution in [0.5, 0.6) is 0 Å². The third kappa shape index (κ3) is 1.97. The maximum Gasteiger partial charge on any atom is 0.226 e. The molecule has 7 nitrogen and oxygen atoms in total. The molecule has 0 aromatic carbocycles. The van der Waals surface area contributed by atoms with Crippen molar-refractivity contribution in [3.8, 4) is 0 Å². The first-order valence-electron chi connectivity index (χ1n) is 5.73. The quantitative estimate of drug-likeness (QED) is 0.736. The van der Waals surface area contributed by atoms with Crippen LogP contribution in [-0.4, -0.2) is 51.3 Å². The van der Waals surface area contributed by atoms with Gasteiger partial charge in [-0.15, -0.1) is 0 Å². The molecule has 2 heterocycles. The number of nitrogens with zero attached hydrogens (tertiary/aromatic N) is 4. The Hall–Kier alpha value is -1.89. The van der Waals surface area contributed by atoms with Gasteiger partial charge in [0.05, 0.1) is 18.5 Å². The van der Waals surface area contributed by atoms with Gasteiger partial charge in [-0.3, -0.25) is 0 Å². The van der Waals surface area contributed by atoms with Crippen LogP contribution in [0, 0.1) is 0 Å². The van der Waals surface area contributed by atoms with Crippen molar-refractivity contribution in [1.29, 1.82) is 0 Å². The van der Waals surface area contributed by atoms with Gasteiger partial charge in [-0.1, -0.05) is 0 Å². The summed E-state index contributed by atoms with van der Waals surface area (Å²) in [6.07, 6.45) is 1.59. The fourth-order valence-electron chi connectivity index (χ4n) is 1.57. The van der Waals surface area contributed by atoms with Crippen LogP contribution in [0.3, 0.4) is 0 Å². The predicted molar refractivity (Wildman–Crippen MR) is 70.8 cm³/mol. The summed E-state index contributed by atoms with van der Waals surface area (Å²) >= 11 is 0. The van der Waals surface area contributed by atoms with E-state index in [1.165, 1.54) is 0 Å². The molecule has 0 fully saturated rings. The first-order chi connectivity index (χ1) is 8.49. The van der Waals surface area contributed by atoms with Crippen LogP contribution in [0.4, 0.5) is 11.8 Å². The largest absolute Gasteiger partial charge is 0.394 e. The number of anilines is 2. The summed E-state index contributed by atoms with van der Waals surface area (Å²) in [7, 11) is 3.65. The van der Waals surface area contributed by atoms with Gasteiger partial charge in [-0.2, -0.15) is 9.97 Å². The fourth-order valence-corrected chi connectivity index (χ4v) is 1.57. The molecule has 0 amide bonds. The highest BCUT2D eigenvalue weighted by Crippen LogP contribution is 2.26. The highest BCUT2D eigenvalue weighted by atomic mass is 16.3. The molecule has 0 spiro atoms. The van der Waals surface area contributed by atoms with Crippen LogP contribution < -0.4 is 10.2 Å². The highest BCUT2D eigenvalue weighted by Gasteiger charge is 2.26. The zero-order chi connectivity index (χ0) is 13.3. The molecule has 2 rings (SSSR count). The van der Waals surface area contributed by atoms with Crippen LogP contribution in [0.1, 0.15) is 13.8 Å². The number of fused-ring (bicyclic) bond motifs is 1. The maximum absolute atomic E-state index is 9.45. The Kier molecular flexibility index (Phi) is 3.08. The molecule has 0 aliphatic rings. The summed E-state index contributed by atoms with van der Waals surface area (Å²) in [5.74, 6) is 1.21. The molecule has 0 atom stereocenters. The number of H-pyrrole nitrogens is 1. The second-order valence-corrected chi connectivity index (χ2v) is 4.75. The Bertz CT molecular complexity index is 549. The minimum atomic E-state index is -0.419. The van der Waals surface area contributed by atoms with Crippen molar-refractivity contribution in [3.05, 3.63) is 6.33 Å². The average molecular weight is 250 g/mol. The number of aliphatic hydroxyl groups excluding tert-OH is 1. The molecule has 2 aromatic rings. The molecule has 3 N–H and O–H groups in total. The van der Waals surface area contributed by atoms with Crippen molar-refractivity contribution in [2.45, 2.75) is 19.4 Å². The number of aliphatic hydroxyl groups is 1. The van der Waals surface area contributed by atoms with E-state index in [1.54, 1.807) is 13.4 Å². The molecule has 0 unspecified atom stereocenters. The third-order valence-electron chi connectivity index (χ3n) is 3.10. The minimum absolute atomic E-state index is 0.0258. The van der Waals surface area contributed by atoms with E-state index < -0.39 is 5.54 Å². The molecule has 0 radical (unpaired) electrons. The molecular formula is C11H18N6O. The zero-order valence-corrected chi connectivity index (χ0v) is 11.0. The van der Waals surface area contributed by atoms with Gasteiger partial charge in [0.1, 0.15) is 5.52 Å². The van der Waals surface area contributed by atoms with E-state index in [1.807, 2.05) is 25.8 Å². The zero-order valence-electron chi connectivity index (χ0n) is 11.0. The first kappa shape index (κ1) is 12.6. The van der Waals surface area contributed by atoms with E-state index in [2.05, 4.69) is 25.3 Å². The molecule has 0 aliphatic carbocycles. The number of hydrogen-bond acceptors (Lipinski definition) is 6. The lowest BCUT2D eigenvalue weighted by Gasteiger charge is -2.35. The molecule has 2 aromatic heterocycles. The summed E-state index contributed by atoms with van der Waals surface area (Å²) in [6, 6.07) is 0. The van der Waals surface area contributed by atoms with Crippen molar-refractivity contribution in [1.82, 2.24) is 19.9 Å². The van der Waals surface area contributed by atoms with Crippen molar-refractivity contribution in [3.63, 3.8) is 0 Å². The van der Waals surface area contributed by atoms with E-state index in [9.17, 15) is 5.11 Å². The van der Waals surface area contributed by atoms with Gasteiger partial charge in [0.15, 0.2) is 11.5 Å². The van der Waals surface area contributed by atoms with E-state index >= 15 is 0 Å². The highest BCUT2D eigenvalue weighted by molar-refractivity contribution is 5.84. The van der Waals surface area contributed by atoms with Crippen molar-refractivity contribution >= 4 is 22.9 Å². The lowest BCUT2D eigenvalue weighted by molar-refractivity contribution is 0.216. The number of rotatable bonds is 4. The number of nitrogens with one attached hydrogen (secondary N) is 2. The van der Waals surface area contributed by atoms with E-state index in [-0.39, 0.29) is 6.61 Å². The van der Waals surface area contributed by atoms with Crippen LogP contribution in [0.25, 0.3) is 11.2 Å². The van der Waals surface area contributed by atoms with Gasteiger partial charge in [0, 0.05) is 14.1 Å². The standard InChI is InChI=1S/C11H18N6O/c1-11(2,5-18)17(4)9-7-8(14-6-13-7)15-10(12-3)16-9/h6,18H,5H2,1-4H3,(H2,12,13,14,15,16). The van der Waals surface area contributed by atoms with Crippen molar-refractivity contribution < 1.29 is 5.11 Å². The Morgan fingerprint density at radius 2 is 2.17 bits per heavy atom. The monoisotopic (exact) mass is 250 g/mol. The van der Waals surface area contributed by atoms with Gasteiger partial charge in [-0.25, -0.2) is 4.98 Å². The Balaban J connectivity index is 2.58. The number of aromatic amines is 1. The van der Waals surface area contributed by atoms with Gasteiger partial charge in [0.25, 0.3) is 0 Å². The molecule has 18 heavy (non-hydrogen) atoms. The van der Waals surface area contributed by atoms with E-state index in [4.69, 9.17) is 0 Å². The number of likely N-dealkylation sites (N-methyl/N-ethyl adjacent to an activating group) is 1. The van der Waals surface area contributed by atoms with Crippen molar-refractivity contribution in [2.24, 2.45) is 0 Å². The Labute approximate surface area is 105 Å². The second kappa shape index (κ2) is 4.41. The van der Waals surface area contributed by atoms with Crippen molar-refractivity contribution in [2.75, 3.05) is 30.9 Å². The molecule has 0 bridgehead atoms. The second-order valence-electron chi connectivity index (χ2n) is 4.75. The SMILES string of the molecule is CNc1nc(N(C)C(C)(C)CO)c2[nH]cnc2n1. The van der Waals surface area contributed by atoms with Crippen LogP contribution in [0.2, 0.25) is 0 Å². The molecule has 0 saturated heterocycles. The predicted octanol–water partition coefficient (Wildman–Crippen LogP) is 0.602. The molecule has 7 heteroatoms. The first-order valence-corrected chi connectivity index (χ1v) is 5.73. The molecular weight excluding hydrogens is 232 g/mol. The van der Waals surface area contributed by atoms with Crippen LogP contribution in [-0.2, 0) is 0 Å². The minimum Gasteiger partial charge on any atom is -0.394 e. The lowest BCUT2D eigenvalue weighted by Crippen LogP contribution is -2.45. The summed E-state index contributed by atoms with van der Waals surface area (Å²) in [4.78, 5) is 17.8. The van der Waals surface area contributed by atoms with Gasteiger partial charge in [0.2, 0.25) is 5.95 Å². The summed E-state index contributed by atoms with van der Waals surface area (Å²) in [6.45, 7) is 3.91. The normalized spacial score (nSPS) is 11.8. The smallest absolute Gasteiger partial charge is 0.226 e. The molecule has 0 aliphatic heterocycles. The summed E-state index contributed by atoms with van der Waals surface area (Å²) < 4.78 is 0. The Morgan fingerprint density at radius 1 is 1.44 bits per heavy atom. The van der Waals surface area contributed by atoms with Crippen LogP contribution in [0.15, 0.2) is 6.33 Å². The van der Waals surface area contributed by atoms with E-state index in [0.29, 0.717) is 17.4 Å². The Morgan fingerprint density at radius 3 is 2.78 bits per heavy atom. The molecule has 0 saturated carbocycles. The van der Waals surface area contributed by atoms with Crippen LogP contribution >= 0.6 is 0 Å². The van der Waals surface area contributed by atoms with Gasteiger partial charge < -0.3 is 20.3 Å². The molecule has 98 valence electrons. The van der Waals surface area contributed by atoms with E-state index in [0.717, 1.165) is 5.52 Å². The number of aromatic nitrogens is 4. The number of hydrogen-bond donors (Lipinski definition) is 3. The average Bonchev–Trinajstić information content (AvgIpc) is 2.84. The summed E-state index contributed by atoms with van der Waals surface area (Å²) in [5, 5.41) is 12.4. The third-order valence-corrected chi connectivity index (χ3v) is 3.10. The summed E-state index contributed by atoms with van der Waals surface area (Å²) in [5.41, 5.74) is 0.945. The maximum atomic E-state index is 9.45. The fraction of sp³-hybridized carbons (Fsp3) is 0.545. The van der Waals surface area contributed by atoms with Gasteiger partial charge >= 0.3 is 0 Å². The number of imidazole rings is 1. The van der Waals surface area contributed by atoms with Gasteiger partial charge in [-0.05, 0) is 13.8 Å².